The van der Waals surface area contributed by atoms with Crippen molar-refractivity contribution in [3.63, 3.8) is 0 Å². The molecule has 0 bridgehead atoms. The van der Waals surface area contributed by atoms with Crippen LogP contribution in [-0.4, -0.2) is 33.5 Å². The van der Waals surface area contributed by atoms with E-state index in [1.165, 1.54) is 12.3 Å². The summed E-state index contributed by atoms with van der Waals surface area (Å²) in [6, 6.07) is 14.0. The lowest BCUT2D eigenvalue weighted by Crippen LogP contribution is -2.12. The molecule has 33 heavy (non-hydrogen) atoms. The first-order valence-corrected chi connectivity index (χ1v) is 10.8. The number of ether oxygens (including phenoxy) is 1. The molecule has 0 saturated carbocycles. The largest absolute Gasteiger partial charge is 0.381 e. The van der Waals surface area contributed by atoms with E-state index in [0.29, 0.717) is 29.5 Å². The molecule has 1 aliphatic heterocycles. The Morgan fingerprint density at radius 1 is 1.15 bits per heavy atom. The lowest BCUT2D eigenvalue weighted by atomic mass is 10.0. The fourth-order valence-electron chi connectivity index (χ4n) is 4.01. The van der Waals surface area contributed by atoms with Gasteiger partial charge in [0.2, 0.25) is 0 Å². The first-order valence-electron chi connectivity index (χ1n) is 10.8. The first kappa shape index (κ1) is 21.0. The predicted molar refractivity (Wildman–Crippen MR) is 126 cm³/mol. The van der Waals surface area contributed by atoms with Crippen LogP contribution in [0.1, 0.15) is 45.3 Å². The Morgan fingerprint density at radius 3 is 2.73 bits per heavy atom. The van der Waals surface area contributed by atoms with Crippen LogP contribution in [0.25, 0.3) is 17.8 Å². The summed E-state index contributed by atoms with van der Waals surface area (Å²) in [4.78, 5) is 21.5. The molecule has 6 nitrogen and oxygen atoms in total. The summed E-state index contributed by atoms with van der Waals surface area (Å²) >= 11 is 0. The Labute approximate surface area is 190 Å². The molecule has 5 rings (SSSR count). The number of hydrogen-bond acceptors (Lipinski definition) is 4. The highest BCUT2D eigenvalue weighted by atomic mass is 19.1. The standard InChI is InChI=1S/C26H23FN4O2/c1-17-25(20-12-13-33-16-20)30-24-11-10-23(15-31(17)24)29-26(32)19-5-2-18(3-6-19)4-8-22-9-7-21(27)14-28-22/h2-11,14-15,20H,12-13,16H2,1H3,(H,29,32)/b8-4+. The molecule has 0 aliphatic carbocycles. The fraction of sp³-hybridized carbons (Fsp3) is 0.192. The van der Waals surface area contributed by atoms with Crippen LogP contribution in [0, 0.1) is 12.7 Å². The van der Waals surface area contributed by atoms with Crippen molar-refractivity contribution in [2.45, 2.75) is 19.3 Å². The summed E-state index contributed by atoms with van der Waals surface area (Å²) in [5, 5.41) is 2.96. The molecule has 0 radical (unpaired) electrons. The Morgan fingerprint density at radius 2 is 2.00 bits per heavy atom. The normalized spacial score (nSPS) is 16.0. The van der Waals surface area contributed by atoms with E-state index in [1.807, 2.05) is 47.9 Å². The van der Waals surface area contributed by atoms with Crippen molar-refractivity contribution in [1.29, 1.82) is 0 Å². The number of carbonyl (C=O) groups excluding carboxylic acids is 1. The topological polar surface area (TPSA) is 68.5 Å². The molecule has 1 saturated heterocycles. The highest BCUT2D eigenvalue weighted by Crippen LogP contribution is 2.28. The van der Waals surface area contributed by atoms with Gasteiger partial charge in [0.05, 0.1) is 29.9 Å². The van der Waals surface area contributed by atoms with E-state index in [1.54, 1.807) is 24.3 Å². The van der Waals surface area contributed by atoms with E-state index >= 15 is 0 Å². The number of pyridine rings is 2. The summed E-state index contributed by atoms with van der Waals surface area (Å²) in [5.74, 6) is -0.227. The molecule has 3 aromatic heterocycles. The molecule has 0 spiro atoms. The van der Waals surface area contributed by atoms with E-state index in [9.17, 15) is 9.18 Å². The van der Waals surface area contributed by atoms with Gasteiger partial charge in [-0.15, -0.1) is 0 Å². The van der Waals surface area contributed by atoms with Gasteiger partial charge in [-0.2, -0.15) is 0 Å². The predicted octanol–water partition coefficient (Wildman–Crippen LogP) is 5.10. The zero-order valence-electron chi connectivity index (χ0n) is 18.2. The van der Waals surface area contributed by atoms with Crippen molar-refractivity contribution in [3.05, 3.63) is 95.0 Å². The Kier molecular flexibility index (Phi) is 5.71. The molecule has 1 amide bonds. The Balaban J connectivity index is 1.28. The molecule has 1 atom stereocenters. The van der Waals surface area contributed by atoms with Gasteiger partial charge >= 0.3 is 0 Å². The van der Waals surface area contributed by atoms with E-state index in [2.05, 4.69) is 10.3 Å². The molecule has 4 aromatic rings. The van der Waals surface area contributed by atoms with Crippen LogP contribution in [0.4, 0.5) is 10.1 Å². The minimum atomic E-state index is -0.367. The second-order valence-corrected chi connectivity index (χ2v) is 8.10. The van der Waals surface area contributed by atoms with Crippen LogP contribution in [0.3, 0.4) is 0 Å². The summed E-state index contributed by atoms with van der Waals surface area (Å²) in [7, 11) is 0. The fourth-order valence-corrected chi connectivity index (χ4v) is 4.01. The number of aromatic nitrogens is 3. The number of anilines is 1. The van der Waals surface area contributed by atoms with Crippen molar-refractivity contribution in [3.8, 4) is 0 Å². The maximum atomic E-state index is 13.0. The number of fused-ring (bicyclic) bond motifs is 1. The number of benzene rings is 1. The quantitative estimate of drug-likeness (QED) is 0.467. The third-order valence-corrected chi connectivity index (χ3v) is 5.84. The molecule has 1 aromatic carbocycles. The minimum Gasteiger partial charge on any atom is -0.381 e. The van der Waals surface area contributed by atoms with Crippen LogP contribution in [0.5, 0.6) is 0 Å². The average molecular weight is 442 g/mol. The van der Waals surface area contributed by atoms with E-state index < -0.39 is 0 Å². The van der Waals surface area contributed by atoms with Gasteiger partial charge in [0, 0.05) is 30.0 Å². The Hall–Kier alpha value is -3.84. The number of rotatable bonds is 5. The summed E-state index contributed by atoms with van der Waals surface area (Å²) < 4.78 is 20.5. The van der Waals surface area contributed by atoms with Gasteiger partial charge < -0.3 is 14.5 Å². The van der Waals surface area contributed by atoms with Crippen LogP contribution in [-0.2, 0) is 4.74 Å². The van der Waals surface area contributed by atoms with Crippen molar-refractivity contribution in [1.82, 2.24) is 14.4 Å². The first-order chi connectivity index (χ1) is 16.1. The van der Waals surface area contributed by atoms with E-state index in [4.69, 9.17) is 9.72 Å². The number of nitrogens with zero attached hydrogens (tertiary/aromatic N) is 3. The number of amides is 1. The molecule has 4 heterocycles. The summed E-state index contributed by atoms with van der Waals surface area (Å²) in [5.41, 5.74) is 5.83. The van der Waals surface area contributed by atoms with Crippen LogP contribution in [0.15, 0.2) is 60.9 Å². The highest BCUT2D eigenvalue weighted by molar-refractivity contribution is 6.04. The van der Waals surface area contributed by atoms with Gasteiger partial charge in [-0.3, -0.25) is 9.78 Å². The second kappa shape index (κ2) is 8.96. The van der Waals surface area contributed by atoms with Crippen molar-refractivity contribution >= 4 is 29.4 Å². The van der Waals surface area contributed by atoms with Gasteiger partial charge in [0.1, 0.15) is 11.5 Å². The van der Waals surface area contributed by atoms with Crippen molar-refractivity contribution < 1.29 is 13.9 Å². The zero-order chi connectivity index (χ0) is 22.8. The van der Waals surface area contributed by atoms with Gasteiger partial charge in [-0.1, -0.05) is 18.2 Å². The van der Waals surface area contributed by atoms with Crippen molar-refractivity contribution in [2.75, 3.05) is 18.5 Å². The zero-order valence-corrected chi connectivity index (χ0v) is 18.2. The molecular weight excluding hydrogens is 419 g/mol. The lowest BCUT2D eigenvalue weighted by Gasteiger charge is -2.07. The second-order valence-electron chi connectivity index (χ2n) is 8.10. The van der Waals surface area contributed by atoms with E-state index in [-0.39, 0.29) is 11.7 Å². The number of aryl methyl sites for hydroxylation is 1. The molecule has 1 fully saturated rings. The third kappa shape index (κ3) is 4.54. The summed E-state index contributed by atoms with van der Waals surface area (Å²) in [6.45, 7) is 3.53. The van der Waals surface area contributed by atoms with Gasteiger partial charge in [0.15, 0.2) is 0 Å². The van der Waals surface area contributed by atoms with Gasteiger partial charge in [-0.25, -0.2) is 9.37 Å². The summed E-state index contributed by atoms with van der Waals surface area (Å²) in [6.07, 6.45) is 7.73. The monoisotopic (exact) mass is 442 g/mol. The molecule has 166 valence electrons. The SMILES string of the molecule is Cc1c(C2CCOC2)nc2ccc(NC(=O)c3ccc(/C=C/c4ccc(F)cn4)cc3)cn12. The highest BCUT2D eigenvalue weighted by Gasteiger charge is 2.23. The number of hydrogen-bond donors (Lipinski definition) is 1. The molecule has 1 N–H and O–H groups in total. The van der Waals surface area contributed by atoms with Crippen LogP contribution >= 0.6 is 0 Å². The average Bonchev–Trinajstić information content (AvgIpc) is 3.47. The maximum Gasteiger partial charge on any atom is 0.255 e. The molecular formula is C26H23FN4O2. The number of carbonyl (C=O) groups is 1. The molecule has 7 heteroatoms. The third-order valence-electron chi connectivity index (χ3n) is 5.84. The minimum absolute atomic E-state index is 0.188. The molecule has 1 unspecified atom stereocenters. The number of nitrogens with one attached hydrogen (secondary N) is 1. The number of halogens is 1. The number of imidazole rings is 1. The van der Waals surface area contributed by atoms with Crippen LogP contribution < -0.4 is 5.32 Å². The maximum absolute atomic E-state index is 13.0. The van der Waals surface area contributed by atoms with Gasteiger partial charge in [0.25, 0.3) is 5.91 Å². The van der Waals surface area contributed by atoms with E-state index in [0.717, 1.165) is 35.6 Å². The Bertz CT molecular complexity index is 1320. The lowest BCUT2D eigenvalue weighted by molar-refractivity contribution is 0.102. The molecule has 1 aliphatic rings. The van der Waals surface area contributed by atoms with Gasteiger partial charge in [-0.05, 0) is 61.4 Å². The van der Waals surface area contributed by atoms with Crippen LogP contribution in [0.2, 0.25) is 0 Å². The van der Waals surface area contributed by atoms with Crippen molar-refractivity contribution in [2.24, 2.45) is 0 Å². The smallest absolute Gasteiger partial charge is 0.255 e.